The van der Waals surface area contributed by atoms with E-state index in [-0.39, 0.29) is 11.3 Å². The van der Waals surface area contributed by atoms with E-state index in [0.29, 0.717) is 18.3 Å². The average molecular weight is 324 g/mol. The van der Waals surface area contributed by atoms with Crippen molar-refractivity contribution in [3.8, 4) is 0 Å². The lowest BCUT2D eigenvalue weighted by Crippen LogP contribution is -2.32. The summed E-state index contributed by atoms with van der Waals surface area (Å²) in [6.45, 7) is 1.78. The Morgan fingerprint density at radius 3 is 2.83 bits per heavy atom. The highest BCUT2D eigenvalue weighted by molar-refractivity contribution is 5.92. The summed E-state index contributed by atoms with van der Waals surface area (Å²) in [7, 11) is 2.12. The molecular formula is C19H24N4O. The van der Waals surface area contributed by atoms with Gasteiger partial charge in [0.15, 0.2) is 0 Å². The highest BCUT2D eigenvalue weighted by Gasteiger charge is 2.44. The van der Waals surface area contributed by atoms with Crippen LogP contribution in [-0.2, 0) is 5.41 Å². The van der Waals surface area contributed by atoms with Gasteiger partial charge in [0.25, 0.3) is 5.91 Å². The topological polar surface area (TPSA) is 61.0 Å². The minimum absolute atomic E-state index is 0.0830. The molecule has 0 radical (unpaired) electrons. The molecule has 4 rings (SSSR count). The summed E-state index contributed by atoms with van der Waals surface area (Å²) in [5.74, 6) is -0.0830. The monoisotopic (exact) mass is 324 g/mol. The first-order chi connectivity index (χ1) is 11.7. The van der Waals surface area contributed by atoms with Crippen LogP contribution in [0, 0.1) is 0 Å². The fourth-order valence-corrected chi connectivity index (χ4v) is 3.78. The molecule has 2 heterocycles. The third-order valence-electron chi connectivity index (χ3n) is 5.54. The second kappa shape index (κ2) is 6.06. The van der Waals surface area contributed by atoms with Gasteiger partial charge >= 0.3 is 0 Å². The van der Waals surface area contributed by atoms with Crippen molar-refractivity contribution in [1.82, 2.24) is 20.4 Å². The van der Waals surface area contributed by atoms with E-state index in [4.69, 9.17) is 0 Å². The van der Waals surface area contributed by atoms with E-state index in [2.05, 4.69) is 51.7 Å². The highest BCUT2D eigenvalue weighted by Crippen LogP contribution is 2.47. The largest absolute Gasteiger partial charge is 0.350 e. The molecule has 1 aromatic carbocycles. The molecule has 1 unspecified atom stereocenters. The summed E-state index contributed by atoms with van der Waals surface area (Å²) < 4.78 is 0. The van der Waals surface area contributed by atoms with Crippen molar-refractivity contribution in [3.05, 3.63) is 53.3 Å². The fraction of sp³-hybridized carbons (Fsp3) is 0.474. The number of carbonyl (C=O) groups is 1. The Labute approximate surface area is 142 Å². The molecule has 5 nitrogen and oxygen atoms in total. The van der Waals surface area contributed by atoms with Gasteiger partial charge in [0, 0.05) is 12.0 Å². The van der Waals surface area contributed by atoms with Gasteiger partial charge in [-0.15, -0.1) is 0 Å². The molecular weight excluding hydrogens is 300 g/mol. The van der Waals surface area contributed by atoms with Gasteiger partial charge in [-0.05, 0) is 50.9 Å². The van der Waals surface area contributed by atoms with Crippen molar-refractivity contribution in [2.75, 3.05) is 20.1 Å². The first-order valence-corrected chi connectivity index (χ1v) is 8.77. The summed E-state index contributed by atoms with van der Waals surface area (Å²) in [6, 6.07) is 12.7. The highest BCUT2D eigenvalue weighted by atomic mass is 16.1. The molecule has 1 aromatic heterocycles. The maximum absolute atomic E-state index is 12.5. The zero-order chi connectivity index (χ0) is 16.6. The van der Waals surface area contributed by atoms with Crippen molar-refractivity contribution in [1.29, 1.82) is 0 Å². The zero-order valence-electron chi connectivity index (χ0n) is 14.1. The van der Waals surface area contributed by atoms with Crippen LogP contribution in [0.2, 0.25) is 0 Å². The van der Waals surface area contributed by atoms with Crippen molar-refractivity contribution in [2.45, 2.75) is 37.1 Å². The minimum atomic E-state index is -0.0830. The molecule has 1 saturated heterocycles. The predicted molar refractivity (Wildman–Crippen MR) is 92.9 cm³/mol. The Bertz CT molecular complexity index is 720. The van der Waals surface area contributed by atoms with E-state index >= 15 is 0 Å². The summed E-state index contributed by atoms with van der Waals surface area (Å²) in [5, 5.41) is 10.4. The minimum Gasteiger partial charge on any atom is -0.350 e. The van der Waals surface area contributed by atoms with E-state index in [1.807, 2.05) is 12.1 Å². The number of hydrogen-bond donors (Lipinski definition) is 2. The van der Waals surface area contributed by atoms with E-state index in [0.717, 1.165) is 31.5 Å². The molecule has 0 spiro atoms. The normalized spacial score (nSPS) is 22.5. The molecule has 2 N–H and O–H groups in total. The van der Waals surface area contributed by atoms with Gasteiger partial charge in [0.2, 0.25) is 0 Å². The Morgan fingerprint density at radius 1 is 1.38 bits per heavy atom. The number of aromatic nitrogens is 2. The SMILES string of the molecule is CN1CCCC1c1cc(C(=O)NCC2(c3ccccc3)CC2)n[nH]1. The molecule has 1 saturated carbocycles. The number of nitrogens with zero attached hydrogens (tertiary/aromatic N) is 2. The lowest BCUT2D eigenvalue weighted by atomic mass is 9.96. The van der Waals surface area contributed by atoms with Gasteiger partial charge in [-0.2, -0.15) is 5.10 Å². The molecule has 126 valence electrons. The summed E-state index contributed by atoms with van der Waals surface area (Å²) in [4.78, 5) is 14.8. The molecule has 24 heavy (non-hydrogen) atoms. The van der Waals surface area contributed by atoms with Crippen LogP contribution in [0.25, 0.3) is 0 Å². The molecule has 1 aliphatic carbocycles. The van der Waals surface area contributed by atoms with Crippen LogP contribution in [0.1, 0.15) is 53.5 Å². The molecule has 5 heteroatoms. The molecule has 2 aromatic rings. The van der Waals surface area contributed by atoms with Crippen LogP contribution in [0.5, 0.6) is 0 Å². The lowest BCUT2D eigenvalue weighted by Gasteiger charge is -2.17. The Balaban J connectivity index is 1.40. The van der Waals surface area contributed by atoms with Gasteiger partial charge in [0.05, 0.1) is 11.7 Å². The first-order valence-electron chi connectivity index (χ1n) is 8.77. The van der Waals surface area contributed by atoms with Gasteiger partial charge in [-0.25, -0.2) is 0 Å². The smallest absolute Gasteiger partial charge is 0.271 e. The number of H-pyrrole nitrogens is 1. The standard InChI is InChI=1S/C19H24N4O/c1-23-11-5-8-17(23)15-12-16(22-21-15)18(24)20-13-19(9-10-19)14-6-3-2-4-7-14/h2-4,6-7,12,17H,5,8-11,13H2,1H3,(H,20,24)(H,21,22). The van der Waals surface area contributed by atoms with Crippen molar-refractivity contribution >= 4 is 5.91 Å². The van der Waals surface area contributed by atoms with Crippen molar-refractivity contribution in [3.63, 3.8) is 0 Å². The van der Waals surface area contributed by atoms with Crippen LogP contribution in [-0.4, -0.2) is 41.1 Å². The van der Waals surface area contributed by atoms with Crippen molar-refractivity contribution < 1.29 is 4.79 Å². The first kappa shape index (κ1) is 15.4. The number of carbonyl (C=O) groups excluding carboxylic acids is 1. The molecule has 0 bridgehead atoms. The van der Waals surface area contributed by atoms with Crippen molar-refractivity contribution in [2.24, 2.45) is 0 Å². The summed E-state index contributed by atoms with van der Waals surface area (Å²) in [6.07, 6.45) is 4.59. The summed E-state index contributed by atoms with van der Waals surface area (Å²) in [5.41, 5.74) is 2.99. The van der Waals surface area contributed by atoms with Crippen LogP contribution < -0.4 is 5.32 Å². The summed E-state index contributed by atoms with van der Waals surface area (Å²) >= 11 is 0. The number of likely N-dealkylation sites (tertiary alicyclic amines) is 1. The quantitative estimate of drug-likeness (QED) is 0.889. The number of rotatable bonds is 5. The second-order valence-electron chi connectivity index (χ2n) is 7.18. The molecule has 1 aliphatic heterocycles. The number of aromatic amines is 1. The van der Waals surface area contributed by atoms with Gasteiger partial charge in [0.1, 0.15) is 5.69 Å². The number of benzene rings is 1. The Morgan fingerprint density at radius 2 is 2.17 bits per heavy atom. The Hall–Kier alpha value is -2.14. The van der Waals surface area contributed by atoms with Gasteiger partial charge in [-0.3, -0.25) is 14.8 Å². The van der Waals surface area contributed by atoms with E-state index in [9.17, 15) is 4.79 Å². The maximum Gasteiger partial charge on any atom is 0.271 e. The molecule has 2 fully saturated rings. The zero-order valence-corrected chi connectivity index (χ0v) is 14.1. The number of nitrogens with one attached hydrogen (secondary N) is 2. The van der Waals surface area contributed by atoms with Gasteiger partial charge < -0.3 is 5.32 Å². The van der Waals surface area contributed by atoms with Crippen LogP contribution in [0.15, 0.2) is 36.4 Å². The Kier molecular flexibility index (Phi) is 3.88. The van der Waals surface area contributed by atoms with Crippen LogP contribution in [0.4, 0.5) is 0 Å². The predicted octanol–water partition coefficient (Wildman–Crippen LogP) is 2.64. The third-order valence-corrected chi connectivity index (χ3v) is 5.54. The second-order valence-corrected chi connectivity index (χ2v) is 7.18. The van der Waals surface area contributed by atoms with Crippen LogP contribution >= 0.6 is 0 Å². The molecule has 2 aliphatic rings. The van der Waals surface area contributed by atoms with E-state index in [1.165, 1.54) is 12.0 Å². The van der Waals surface area contributed by atoms with Crippen LogP contribution in [0.3, 0.4) is 0 Å². The number of amides is 1. The van der Waals surface area contributed by atoms with E-state index in [1.54, 1.807) is 0 Å². The number of hydrogen-bond acceptors (Lipinski definition) is 3. The molecule has 1 amide bonds. The average Bonchev–Trinajstić information content (AvgIpc) is 3.02. The third kappa shape index (κ3) is 2.84. The maximum atomic E-state index is 12.5. The van der Waals surface area contributed by atoms with E-state index < -0.39 is 0 Å². The van der Waals surface area contributed by atoms with Gasteiger partial charge in [-0.1, -0.05) is 30.3 Å². The fourth-order valence-electron chi connectivity index (χ4n) is 3.78. The molecule has 1 atom stereocenters. The lowest BCUT2D eigenvalue weighted by molar-refractivity contribution is 0.0944.